The minimum absolute atomic E-state index is 0.835. The quantitative estimate of drug-likeness (QED) is 0.569. The summed E-state index contributed by atoms with van der Waals surface area (Å²) in [6.45, 7) is 17.5. The lowest BCUT2D eigenvalue weighted by Gasteiger charge is -2.26. The third-order valence-electron chi connectivity index (χ3n) is 2.31. The van der Waals surface area contributed by atoms with Gasteiger partial charge in [-0.1, -0.05) is 17.7 Å². The van der Waals surface area contributed by atoms with Gasteiger partial charge in [0.25, 0.3) is 0 Å². The molecule has 0 bridgehead atoms. The highest BCUT2D eigenvalue weighted by Gasteiger charge is 2.38. The van der Waals surface area contributed by atoms with Crippen molar-refractivity contribution in [3.63, 3.8) is 0 Å². The van der Waals surface area contributed by atoms with Crippen LogP contribution in [0.1, 0.15) is 18.1 Å². The fourth-order valence-corrected chi connectivity index (χ4v) is 2.96. The molecule has 0 heterocycles. The van der Waals surface area contributed by atoms with Gasteiger partial charge in [0.1, 0.15) is 0 Å². The molecule has 3 heteroatoms. The summed E-state index contributed by atoms with van der Waals surface area (Å²) in [7, 11) is -1.72. The molecule has 0 amide bonds. The standard InChI is InChI=1S/C13H19NOSi/c1-11-7-9-12(10-8-11)13(2,14-3)15-16(4,5)6/h7-10H,1-2,4-6H3. The molecule has 0 N–H and O–H groups in total. The van der Waals surface area contributed by atoms with Crippen LogP contribution in [-0.4, -0.2) is 8.32 Å². The first kappa shape index (κ1) is 13.0. The summed E-state index contributed by atoms with van der Waals surface area (Å²) in [5, 5.41) is 0. The van der Waals surface area contributed by atoms with Crippen LogP contribution in [0.2, 0.25) is 19.6 Å². The molecule has 1 rings (SSSR count). The molecular formula is C13H19NOSi. The van der Waals surface area contributed by atoms with Crippen LogP contribution >= 0.6 is 0 Å². The second kappa shape index (κ2) is 4.40. The van der Waals surface area contributed by atoms with E-state index in [1.807, 2.05) is 38.1 Å². The molecule has 1 atom stereocenters. The first-order valence-corrected chi connectivity index (χ1v) is 8.84. The van der Waals surface area contributed by atoms with Crippen molar-refractivity contribution >= 4 is 8.32 Å². The molecule has 1 unspecified atom stereocenters. The monoisotopic (exact) mass is 233 g/mol. The van der Waals surface area contributed by atoms with E-state index in [2.05, 4.69) is 24.5 Å². The van der Waals surface area contributed by atoms with Gasteiger partial charge in [-0.2, -0.15) is 0 Å². The average Bonchev–Trinajstić information content (AvgIpc) is 2.16. The second-order valence-corrected chi connectivity index (χ2v) is 9.60. The van der Waals surface area contributed by atoms with E-state index in [1.165, 1.54) is 5.56 Å². The third kappa shape index (κ3) is 3.19. The smallest absolute Gasteiger partial charge is 0.347 e. The number of hydrogen-bond acceptors (Lipinski definition) is 1. The highest BCUT2D eigenvalue weighted by atomic mass is 28.4. The minimum Gasteiger partial charge on any atom is -0.347 e. The van der Waals surface area contributed by atoms with Crippen LogP contribution in [0.15, 0.2) is 24.3 Å². The zero-order chi connectivity index (χ0) is 12.4. The minimum atomic E-state index is -1.72. The lowest BCUT2D eigenvalue weighted by Crippen LogP contribution is -2.36. The average molecular weight is 233 g/mol. The lowest BCUT2D eigenvalue weighted by atomic mass is 10.0. The Morgan fingerprint density at radius 2 is 1.69 bits per heavy atom. The largest absolute Gasteiger partial charge is 0.352 e. The van der Waals surface area contributed by atoms with Crippen LogP contribution in [0, 0.1) is 13.5 Å². The molecule has 0 saturated heterocycles. The van der Waals surface area contributed by atoms with Crippen LogP contribution in [0.3, 0.4) is 0 Å². The predicted molar refractivity (Wildman–Crippen MR) is 69.6 cm³/mol. The van der Waals surface area contributed by atoms with Gasteiger partial charge in [0, 0.05) is 6.92 Å². The Bertz CT molecular complexity index is 399. The molecule has 86 valence electrons. The molecule has 0 saturated carbocycles. The molecule has 0 fully saturated rings. The van der Waals surface area contributed by atoms with Crippen molar-refractivity contribution in [2.24, 2.45) is 0 Å². The summed E-state index contributed by atoms with van der Waals surface area (Å²) in [5.41, 5.74) is 1.30. The van der Waals surface area contributed by atoms with E-state index in [0.29, 0.717) is 0 Å². The highest BCUT2D eigenvalue weighted by Crippen LogP contribution is 2.30. The van der Waals surface area contributed by atoms with Gasteiger partial charge in [-0.15, -0.1) is 0 Å². The van der Waals surface area contributed by atoms with Crippen molar-refractivity contribution in [2.45, 2.75) is 39.2 Å². The molecular weight excluding hydrogens is 214 g/mol. The molecule has 0 aliphatic carbocycles. The number of benzene rings is 1. The van der Waals surface area contributed by atoms with Crippen molar-refractivity contribution in [1.29, 1.82) is 0 Å². The van der Waals surface area contributed by atoms with Crippen molar-refractivity contribution in [3.05, 3.63) is 46.8 Å². The van der Waals surface area contributed by atoms with Gasteiger partial charge in [-0.25, -0.2) is 6.57 Å². The third-order valence-corrected chi connectivity index (χ3v) is 3.32. The Morgan fingerprint density at radius 3 is 2.06 bits per heavy atom. The Labute approximate surface area is 99.2 Å². The summed E-state index contributed by atoms with van der Waals surface area (Å²) in [5.74, 6) is 0. The molecule has 1 aromatic carbocycles. The fraction of sp³-hybridized carbons (Fsp3) is 0.462. The van der Waals surface area contributed by atoms with Crippen LogP contribution in [0.4, 0.5) is 0 Å². The van der Waals surface area contributed by atoms with Gasteiger partial charge in [-0.05, 0) is 38.7 Å². The Balaban J connectivity index is 3.06. The molecule has 1 aromatic rings. The number of hydrogen-bond donors (Lipinski definition) is 0. The van der Waals surface area contributed by atoms with E-state index in [-0.39, 0.29) is 0 Å². The topological polar surface area (TPSA) is 13.6 Å². The van der Waals surface area contributed by atoms with E-state index in [0.717, 1.165) is 5.56 Å². The maximum atomic E-state index is 7.35. The first-order valence-electron chi connectivity index (χ1n) is 5.43. The Kier molecular flexibility index (Phi) is 3.56. The predicted octanol–water partition coefficient (Wildman–Crippen LogP) is 3.94. The van der Waals surface area contributed by atoms with Gasteiger partial charge < -0.3 is 4.43 Å². The van der Waals surface area contributed by atoms with Gasteiger partial charge >= 0.3 is 5.72 Å². The Morgan fingerprint density at radius 1 is 1.19 bits per heavy atom. The van der Waals surface area contributed by atoms with Crippen molar-refractivity contribution in [2.75, 3.05) is 0 Å². The number of rotatable bonds is 3. The van der Waals surface area contributed by atoms with E-state index in [9.17, 15) is 0 Å². The maximum absolute atomic E-state index is 7.35. The second-order valence-electron chi connectivity index (χ2n) is 5.18. The maximum Gasteiger partial charge on any atom is 0.352 e. The van der Waals surface area contributed by atoms with E-state index < -0.39 is 14.0 Å². The molecule has 2 nitrogen and oxygen atoms in total. The van der Waals surface area contributed by atoms with Gasteiger partial charge in [0.05, 0.1) is 5.56 Å². The Hall–Kier alpha value is -1.11. The van der Waals surface area contributed by atoms with Crippen LogP contribution in [0.5, 0.6) is 0 Å². The highest BCUT2D eigenvalue weighted by molar-refractivity contribution is 6.69. The van der Waals surface area contributed by atoms with Crippen molar-refractivity contribution in [1.82, 2.24) is 0 Å². The molecule has 0 spiro atoms. The van der Waals surface area contributed by atoms with Crippen LogP contribution in [0.25, 0.3) is 4.85 Å². The number of nitrogens with zero attached hydrogens (tertiary/aromatic N) is 1. The van der Waals surface area contributed by atoms with Gasteiger partial charge in [-0.3, -0.25) is 4.85 Å². The summed E-state index contributed by atoms with van der Waals surface area (Å²) in [4.78, 5) is 3.67. The van der Waals surface area contributed by atoms with E-state index >= 15 is 0 Å². The van der Waals surface area contributed by atoms with E-state index in [4.69, 9.17) is 11.0 Å². The molecule has 0 aromatic heterocycles. The number of aryl methyl sites for hydroxylation is 1. The normalized spacial score (nSPS) is 15.2. The van der Waals surface area contributed by atoms with E-state index in [1.54, 1.807) is 0 Å². The van der Waals surface area contributed by atoms with Gasteiger partial charge in [0.2, 0.25) is 0 Å². The lowest BCUT2D eigenvalue weighted by molar-refractivity contribution is 0.130. The van der Waals surface area contributed by atoms with Crippen LogP contribution < -0.4 is 0 Å². The fourth-order valence-electron chi connectivity index (χ4n) is 1.61. The zero-order valence-electron chi connectivity index (χ0n) is 10.7. The zero-order valence-corrected chi connectivity index (χ0v) is 11.7. The SMILES string of the molecule is [C-]#[N+]C(C)(O[Si](C)(C)C)c1ccc(C)cc1. The van der Waals surface area contributed by atoms with Crippen molar-refractivity contribution in [3.8, 4) is 0 Å². The molecule has 0 aliphatic heterocycles. The van der Waals surface area contributed by atoms with Crippen molar-refractivity contribution < 1.29 is 4.43 Å². The first-order chi connectivity index (χ1) is 7.27. The molecule has 0 radical (unpaired) electrons. The summed E-state index contributed by atoms with van der Waals surface area (Å²) in [6.07, 6.45) is 0. The van der Waals surface area contributed by atoms with Crippen LogP contribution in [-0.2, 0) is 10.2 Å². The van der Waals surface area contributed by atoms with Gasteiger partial charge in [0.15, 0.2) is 8.32 Å². The molecule has 0 aliphatic rings. The summed E-state index contributed by atoms with van der Waals surface area (Å²) >= 11 is 0. The summed E-state index contributed by atoms with van der Waals surface area (Å²) in [6, 6.07) is 8.00. The summed E-state index contributed by atoms with van der Waals surface area (Å²) < 4.78 is 5.99. The molecule has 16 heavy (non-hydrogen) atoms.